The molecule has 108 valence electrons. The molecule has 3 N–H and O–H groups in total. The fourth-order valence-electron chi connectivity index (χ4n) is 1.79. The van der Waals surface area contributed by atoms with Crippen molar-refractivity contribution in [1.82, 2.24) is 0 Å². The third kappa shape index (κ3) is 5.21. The van der Waals surface area contributed by atoms with Crippen molar-refractivity contribution in [2.45, 2.75) is 5.75 Å². The number of carbonyl (C=O) groups excluding carboxylic acids is 1. The number of thiocarbonyl (C=S) groups is 1. The predicted molar refractivity (Wildman–Crippen MR) is 93.6 cm³/mol. The normalized spacial score (nSPS) is 10.1. The summed E-state index contributed by atoms with van der Waals surface area (Å²) in [5.74, 6) is 1.15. The van der Waals surface area contributed by atoms with E-state index in [0.29, 0.717) is 10.7 Å². The lowest BCUT2D eigenvalue weighted by molar-refractivity contribution is -0.113. The third-order valence-electron chi connectivity index (χ3n) is 2.77. The maximum Gasteiger partial charge on any atom is 0.234 e. The number of anilines is 1. The topological polar surface area (TPSA) is 55.1 Å². The monoisotopic (exact) mass is 316 g/mol. The van der Waals surface area contributed by atoms with Crippen LogP contribution >= 0.6 is 24.0 Å². The summed E-state index contributed by atoms with van der Waals surface area (Å²) in [4.78, 5) is 12.2. The number of carbonyl (C=O) groups is 1. The van der Waals surface area contributed by atoms with Crippen LogP contribution in [0.25, 0.3) is 0 Å². The molecule has 5 heteroatoms. The predicted octanol–water partition coefficient (Wildman–Crippen LogP) is 3.19. The molecule has 21 heavy (non-hydrogen) atoms. The van der Waals surface area contributed by atoms with Gasteiger partial charge in [0.05, 0.1) is 5.75 Å². The molecule has 0 fully saturated rings. The molecule has 0 saturated carbocycles. The highest BCUT2D eigenvalue weighted by Gasteiger charge is 2.03. The zero-order chi connectivity index (χ0) is 15.1. The van der Waals surface area contributed by atoms with E-state index in [9.17, 15) is 4.79 Å². The highest BCUT2D eigenvalue weighted by Crippen LogP contribution is 2.14. The average molecular weight is 316 g/mol. The summed E-state index contributed by atoms with van der Waals surface area (Å²) in [7, 11) is 0. The van der Waals surface area contributed by atoms with Crippen molar-refractivity contribution in [3.8, 4) is 0 Å². The molecule has 0 aliphatic carbocycles. The molecule has 0 radical (unpaired) electrons. The summed E-state index contributed by atoms with van der Waals surface area (Å²) in [5, 5.41) is 2.86. The Morgan fingerprint density at radius 2 is 1.90 bits per heavy atom. The van der Waals surface area contributed by atoms with E-state index in [1.165, 1.54) is 0 Å². The van der Waals surface area contributed by atoms with E-state index in [4.69, 9.17) is 18.0 Å². The largest absolute Gasteiger partial charge is 0.389 e. The van der Waals surface area contributed by atoms with Crippen LogP contribution in [0.1, 0.15) is 11.1 Å². The first-order valence-electron chi connectivity index (χ1n) is 6.46. The number of hydrogen-bond donors (Lipinski definition) is 2. The van der Waals surface area contributed by atoms with Gasteiger partial charge in [0.25, 0.3) is 0 Å². The first kappa shape index (κ1) is 15.5. The van der Waals surface area contributed by atoms with Gasteiger partial charge in [-0.25, -0.2) is 0 Å². The molecule has 0 bridgehead atoms. The van der Waals surface area contributed by atoms with Gasteiger partial charge in [-0.3, -0.25) is 4.79 Å². The number of hydrogen-bond acceptors (Lipinski definition) is 3. The van der Waals surface area contributed by atoms with Gasteiger partial charge in [0.15, 0.2) is 0 Å². The number of rotatable bonds is 6. The first-order chi connectivity index (χ1) is 10.1. The van der Waals surface area contributed by atoms with E-state index in [0.717, 1.165) is 22.6 Å². The molecule has 2 aromatic carbocycles. The van der Waals surface area contributed by atoms with E-state index in [1.54, 1.807) is 11.8 Å². The van der Waals surface area contributed by atoms with Crippen LogP contribution in [0.3, 0.4) is 0 Å². The van der Waals surface area contributed by atoms with Crippen molar-refractivity contribution < 1.29 is 4.79 Å². The second-order valence-corrected chi connectivity index (χ2v) is 5.90. The van der Waals surface area contributed by atoms with Gasteiger partial charge >= 0.3 is 0 Å². The molecule has 0 aromatic heterocycles. The van der Waals surface area contributed by atoms with Crippen molar-refractivity contribution in [2.24, 2.45) is 5.73 Å². The number of nitrogens with one attached hydrogen (secondary N) is 1. The summed E-state index contributed by atoms with van der Waals surface area (Å²) in [6.45, 7) is 0. The van der Waals surface area contributed by atoms with Gasteiger partial charge in [0.2, 0.25) is 5.91 Å². The SMILES string of the molecule is NC(=S)c1cccc(CSCC(=O)Nc2ccccc2)c1. The number of nitrogens with two attached hydrogens (primary N) is 1. The Morgan fingerprint density at radius 1 is 1.14 bits per heavy atom. The molecule has 0 unspecified atom stereocenters. The molecule has 0 saturated heterocycles. The zero-order valence-electron chi connectivity index (χ0n) is 11.4. The number of amides is 1. The molecule has 2 aromatic rings. The minimum atomic E-state index is -0.00306. The van der Waals surface area contributed by atoms with Crippen LogP contribution in [0.15, 0.2) is 54.6 Å². The van der Waals surface area contributed by atoms with E-state index in [1.807, 2.05) is 54.6 Å². The van der Waals surface area contributed by atoms with Gasteiger partial charge in [-0.1, -0.05) is 48.6 Å². The molecule has 2 rings (SSSR count). The quantitative estimate of drug-likeness (QED) is 0.804. The van der Waals surface area contributed by atoms with Crippen LogP contribution in [-0.4, -0.2) is 16.6 Å². The highest BCUT2D eigenvalue weighted by molar-refractivity contribution is 7.99. The maximum atomic E-state index is 11.8. The van der Waals surface area contributed by atoms with E-state index >= 15 is 0 Å². The summed E-state index contributed by atoms with van der Waals surface area (Å²) < 4.78 is 0. The fraction of sp³-hybridized carbons (Fsp3) is 0.125. The van der Waals surface area contributed by atoms with Crippen molar-refractivity contribution in [3.05, 3.63) is 65.7 Å². The molecule has 0 aliphatic rings. The Balaban J connectivity index is 1.80. The Labute approximate surface area is 133 Å². The van der Waals surface area contributed by atoms with Gasteiger partial charge in [0.1, 0.15) is 4.99 Å². The second kappa shape index (κ2) is 7.81. The second-order valence-electron chi connectivity index (χ2n) is 4.47. The van der Waals surface area contributed by atoms with Crippen LogP contribution in [0, 0.1) is 0 Å². The first-order valence-corrected chi connectivity index (χ1v) is 8.03. The third-order valence-corrected chi connectivity index (χ3v) is 4.01. The van der Waals surface area contributed by atoms with E-state index in [2.05, 4.69) is 5.32 Å². The highest BCUT2D eigenvalue weighted by atomic mass is 32.2. The molecule has 0 aliphatic heterocycles. The fourth-order valence-corrected chi connectivity index (χ4v) is 2.70. The average Bonchev–Trinajstić information content (AvgIpc) is 2.48. The Morgan fingerprint density at radius 3 is 2.62 bits per heavy atom. The number of benzene rings is 2. The van der Waals surface area contributed by atoms with Crippen molar-refractivity contribution in [2.75, 3.05) is 11.1 Å². The van der Waals surface area contributed by atoms with Crippen LogP contribution in [0.5, 0.6) is 0 Å². The molecule has 0 heterocycles. The summed E-state index contributed by atoms with van der Waals surface area (Å²) in [6.07, 6.45) is 0. The summed E-state index contributed by atoms with van der Waals surface area (Å²) in [6, 6.07) is 17.2. The summed E-state index contributed by atoms with van der Waals surface area (Å²) in [5.41, 5.74) is 8.39. The van der Waals surface area contributed by atoms with Crippen LogP contribution in [-0.2, 0) is 10.5 Å². The minimum absolute atomic E-state index is 0.00306. The molecule has 1 amide bonds. The van der Waals surface area contributed by atoms with Gasteiger partial charge in [-0.05, 0) is 23.8 Å². The lowest BCUT2D eigenvalue weighted by atomic mass is 10.1. The lowest BCUT2D eigenvalue weighted by Crippen LogP contribution is -2.14. The Hall–Kier alpha value is -1.85. The van der Waals surface area contributed by atoms with Crippen molar-refractivity contribution in [1.29, 1.82) is 0 Å². The van der Waals surface area contributed by atoms with Crippen molar-refractivity contribution in [3.63, 3.8) is 0 Å². The van der Waals surface area contributed by atoms with E-state index < -0.39 is 0 Å². The van der Waals surface area contributed by atoms with Gasteiger partial charge < -0.3 is 11.1 Å². The number of thioether (sulfide) groups is 1. The zero-order valence-corrected chi connectivity index (χ0v) is 13.0. The minimum Gasteiger partial charge on any atom is -0.389 e. The molecular formula is C16H16N2OS2. The standard InChI is InChI=1S/C16H16N2OS2/c17-16(20)13-6-4-5-12(9-13)10-21-11-15(19)18-14-7-2-1-3-8-14/h1-9H,10-11H2,(H2,17,20)(H,18,19). The van der Waals surface area contributed by atoms with E-state index in [-0.39, 0.29) is 5.91 Å². The lowest BCUT2D eigenvalue weighted by Gasteiger charge is -2.06. The van der Waals surface area contributed by atoms with Gasteiger partial charge in [-0.15, -0.1) is 11.8 Å². The van der Waals surface area contributed by atoms with Crippen LogP contribution < -0.4 is 11.1 Å². The Kier molecular flexibility index (Phi) is 5.78. The molecular weight excluding hydrogens is 300 g/mol. The molecule has 3 nitrogen and oxygen atoms in total. The van der Waals surface area contributed by atoms with Crippen LogP contribution in [0.4, 0.5) is 5.69 Å². The van der Waals surface area contributed by atoms with Crippen molar-refractivity contribution >= 4 is 40.6 Å². The molecule has 0 atom stereocenters. The summed E-state index contributed by atoms with van der Waals surface area (Å²) >= 11 is 6.51. The Bertz CT molecular complexity index is 629. The maximum absolute atomic E-state index is 11.8. The number of para-hydroxylation sites is 1. The molecule has 0 spiro atoms. The van der Waals surface area contributed by atoms with Gasteiger partial charge in [0, 0.05) is 17.0 Å². The van der Waals surface area contributed by atoms with Crippen LogP contribution in [0.2, 0.25) is 0 Å². The smallest absolute Gasteiger partial charge is 0.234 e. The van der Waals surface area contributed by atoms with Gasteiger partial charge in [-0.2, -0.15) is 0 Å².